The van der Waals surface area contributed by atoms with Crippen LogP contribution in [-0.2, 0) is 0 Å². The molecule has 1 aromatic carbocycles. The predicted octanol–water partition coefficient (Wildman–Crippen LogP) is 4.86. The Bertz CT molecular complexity index is 497. The minimum absolute atomic E-state index is 0.196. The van der Waals surface area contributed by atoms with Gasteiger partial charge in [-0.1, -0.05) is 55.6 Å². The lowest BCUT2D eigenvalue weighted by Crippen LogP contribution is -2.59. The van der Waals surface area contributed by atoms with Crippen LogP contribution in [0.1, 0.15) is 27.7 Å². The summed E-state index contributed by atoms with van der Waals surface area (Å²) in [5, 5.41) is 5.31. The number of anilines is 1. The van der Waals surface area contributed by atoms with E-state index in [0.717, 1.165) is 18.8 Å². The predicted molar refractivity (Wildman–Crippen MR) is 89.5 cm³/mol. The van der Waals surface area contributed by atoms with Crippen molar-refractivity contribution < 1.29 is 0 Å². The standard InChI is InChI=1S/C15H21Cl3N2/c1-9-7-19-14(15(2,3)4)8-20(9)13-6-11(17)10(16)5-12(13)18/h5-6,9,14,19H,7-8H2,1-4H3. The Morgan fingerprint density at radius 1 is 1.10 bits per heavy atom. The lowest BCUT2D eigenvalue weighted by molar-refractivity contribution is 0.239. The molecule has 1 saturated heterocycles. The highest BCUT2D eigenvalue weighted by Gasteiger charge is 2.33. The number of nitrogens with one attached hydrogen (secondary N) is 1. The van der Waals surface area contributed by atoms with E-state index >= 15 is 0 Å². The summed E-state index contributed by atoms with van der Waals surface area (Å²) in [6, 6.07) is 4.36. The summed E-state index contributed by atoms with van der Waals surface area (Å²) in [5.41, 5.74) is 1.16. The minimum atomic E-state index is 0.196. The second-order valence-corrected chi connectivity index (χ2v) is 7.77. The summed E-state index contributed by atoms with van der Waals surface area (Å²) < 4.78 is 0. The lowest BCUT2D eigenvalue weighted by atomic mass is 9.84. The zero-order valence-electron chi connectivity index (χ0n) is 12.3. The molecule has 1 heterocycles. The summed E-state index contributed by atoms with van der Waals surface area (Å²) in [4.78, 5) is 2.32. The van der Waals surface area contributed by atoms with E-state index in [2.05, 4.69) is 37.9 Å². The highest BCUT2D eigenvalue weighted by Crippen LogP contribution is 2.37. The fourth-order valence-corrected chi connectivity index (χ4v) is 3.16. The van der Waals surface area contributed by atoms with E-state index in [1.165, 1.54) is 0 Å². The molecule has 0 amide bonds. The summed E-state index contributed by atoms with van der Waals surface area (Å²) in [6.45, 7) is 10.8. The van der Waals surface area contributed by atoms with E-state index < -0.39 is 0 Å². The number of rotatable bonds is 1. The van der Waals surface area contributed by atoms with Crippen LogP contribution in [0.2, 0.25) is 15.1 Å². The van der Waals surface area contributed by atoms with Crippen molar-refractivity contribution in [2.24, 2.45) is 5.41 Å². The third-order valence-electron chi connectivity index (χ3n) is 3.92. The average molecular weight is 336 g/mol. The molecule has 2 atom stereocenters. The molecule has 0 aliphatic carbocycles. The third-order valence-corrected chi connectivity index (χ3v) is 4.94. The molecule has 1 aliphatic heterocycles. The largest absolute Gasteiger partial charge is 0.365 e. The first kappa shape index (κ1) is 16.2. The number of piperazine rings is 1. The van der Waals surface area contributed by atoms with Crippen molar-refractivity contribution in [1.29, 1.82) is 0 Å². The fraction of sp³-hybridized carbons (Fsp3) is 0.600. The first-order chi connectivity index (χ1) is 9.20. The summed E-state index contributed by atoms with van der Waals surface area (Å²) in [5.74, 6) is 0. The van der Waals surface area contributed by atoms with Gasteiger partial charge in [0.15, 0.2) is 0 Å². The molecule has 112 valence electrons. The maximum atomic E-state index is 6.36. The Morgan fingerprint density at radius 2 is 1.70 bits per heavy atom. The number of hydrogen-bond donors (Lipinski definition) is 1. The van der Waals surface area contributed by atoms with E-state index in [1.54, 1.807) is 6.07 Å². The zero-order chi connectivity index (χ0) is 15.1. The molecule has 2 nitrogen and oxygen atoms in total. The van der Waals surface area contributed by atoms with Crippen LogP contribution in [0, 0.1) is 5.41 Å². The summed E-state index contributed by atoms with van der Waals surface area (Å²) >= 11 is 18.5. The molecule has 5 heteroatoms. The van der Waals surface area contributed by atoms with Crippen LogP contribution in [0.3, 0.4) is 0 Å². The van der Waals surface area contributed by atoms with Crippen LogP contribution in [-0.4, -0.2) is 25.2 Å². The van der Waals surface area contributed by atoms with Crippen LogP contribution < -0.4 is 10.2 Å². The summed E-state index contributed by atoms with van der Waals surface area (Å²) in [6.07, 6.45) is 0. The van der Waals surface area contributed by atoms with Crippen molar-refractivity contribution in [3.63, 3.8) is 0 Å². The third kappa shape index (κ3) is 3.36. The fourth-order valence-electron chi connectivity index (χ4n) is 2.51. The number of hydrogen-bond acceptors (Lipinski definition) is 2. The maximum Gasteiger partial charge on any atom is 0.0655 e. The van der Waals surface area contributed by atoms with Gasteiger partial charge >= 0.3 is 0 Å². The average Bonchev–Trinajstić information content (AvgIpc) is 2.33. The topological polar surface area (TPSA) is 15.3 Å². The van der Waals surface area contributed by atoms with Gasteiger partial charge in [0.25, 0.3) is 0 Å². The zero-order valence-corrected chi connectivity index (χ0v) is 14.6. The van der Waals surface area contributed by atoms with Gasteiger partial charge in [-0.2, -0.15) is 0 Å². The Morgan fingerprint density at radius 3 is 2.30 bits per heavy atom. The Kier molecular flexibility index (Phi) is 4.80. The molecule has 1 N–H and O–H groups in total. The molecule has 1 aromatic rings. The van der Waals surface area contributed by atoms with Gasteiger partial charge in [0.1, 0.15) is 0 Å². The molecule has 0 aromatic heterocycles. The normalized spacial score (nSPS) is 24.1. The maximum absolute atomic E-state index is 6.36. The number of nitrogens with zero attached hydrogens (tertiary/aromatic N) is 1. The Hall–Kier alpha value is -0.150. The molecule has 1 fully saturated rings. The van der Waals surface area contributed by atoms with Crippen molar-refractivity contribution in [2.45, 2.75) is 39.8 Å². The molecular formula is C15H21Cl3N2. The molecule has 0 spiro atoms. The van der Waals surface area contributed by atoms with Crippen LogP contribution in [0.15, 0.2) is 12.1 Å². The van der Waals surface area contributed by atoms with E-state index in [-0.39, 0.29) is 5.41 Å². The van der Waals surface area contributed by atoms with Crippen LogP contribution in [0.4, 0.5) is 5.69 Å². The second-order valence-electron chi connectivity index (χ2n) is 6.55. The van der Waals surface area contributed by atoms with Crippen LogP contribution in [0.5, 0.6) is 0 Å². The van der Waals surface area contributed by atoms with Gasteiger partial charge in [-0.3, -0.25) is 0 Å². The molecular weight excluding hydrogens is 315 g/mol. The minimum Gasteiger partial charge on any atom is -0.365 e. The Balaban J connectivity index is 2.32. The van der Waals surface area contributed by atoms with Crippen molar-refractivity contribution in [3.8, 4) is 0 Å². The molecule has 2 rings (SSSR count). The van der Waals surface area contributed by atoms with Crippen molar-refractivity contribution >= 4 is 40.5 Å². The molecule has 0 bridgehead atoms. The first-order valence-electron chi connectivity index (χ1n) is 6.84. The first-order valence-corrected chi connectivity index (χ1v) is 7.98. The smallest absolute Gasteiger partial charge is 0.0655 e. The molecule has 20 heavy (non-hydrogen) atoms. The van der Waals surface area contributed by atoms with Crippen LogP contribution in [0.25, 0.3) is 0 Å². The van der Waals surface area contributed by atoms with Crippen molar-refractivity contribution in [3.05, 3.63) is 27.2 Å². The second kappa shape index (κ2) is 5.92. The number of halogens is 3. The van der Waals surface area contributed by atoms with Gasteiger partial charge in [-0.15, -0.1) is 0 Å². The van der Waals surface area contributed by atoms with Crippen molar-refractivity contribution in [1.82, 2.24) is 5.32 Å². The van der Waals surface area contributed by atoms with Gasteiger partial charge < -0.3 is 10.2 Å². The van der Waals surface area contributed by atoms with E-state index in [9.17, 15) is 0 Å². The van der Waals surface area contributed by atoms with E-state index in [0.29, 0.717) is 27.2 Å². The van der Waals surface area contributed by atoms with Gasteiger partial charge in [0.2, 0.25) is 0 Å². The van der Waals surface area contributed by atoms with Gasteiger partial charge in [0, 0.05) is 25.2 Å². The van der Waals surface area contributed by atoms with E-state index in [1.807, 2.05) is 6.07 Å². The Labute approximate surface area is 136 Å². The lowest BCUT2D eigenvalue weighted by Gasteiger charge is -2.45. The van der Waals surface area contributed by atoms with Gasteiger partial charge in [-0.05, 0) is 24.5 Å². The van der Waals surface area contributed by atoms with Gasteiger partial charge in [0.05, 0.1) is 20.8 Å². The molecule has 0 saturated carbocycles. The molecule has 1 aliphatic rings. The van der Waals surface area contributed by atoms with Crippen molar-refractivity contribution in [2.75, 3.05) is 18.0 Å². The van der Waals surface area contributed by atoms with Crippen LogP contribution >= 0.6 is 34.8 Å². The van der Waals surface area contributed by atoms with Gasteiger partial charge in [-0.25, -0.2) is 0 Å². The molecule has 2 unspecified atom stereocenters. The summed E-state index contributed by atoms with van der Waals surface area (Å²) in [7, 11) is 0. The highest BCUT2D eigenvalue weighted by atomic mass is 35.5. The SMILES string of the molecule is CC1CNC(C(C)(C)C)CN1c1cc(Cl)c(Cl)cc1Cl. The van der Waals surface area contributed by atoms with E-state index in [4.69, 9.17) is 34.8 Å². The highest BCUT2D eigenvalue weighted by molar-refractivity contribution is 6.44. The molecule has 0 radical (unpaired) electrons. The monoisotopic (exact) mass is 334 g/mol. The quantitative estimate of drug-likeness (QED) is 0.737. The number of benzene rings is 1.